The topological polar surface area (TPSA) is 49.0 Å². The largest absolute Gasteiger partial charge is 0.497 e. The number of nitrogens with one attached hydrogen (secondary N) is 1. The number of benzene rings is 3. The maximum Gasteiger partial charge on any atom is 0.132 e. The van der Waals surface area contributed by atoms with Crippen molar-refractivity contribution in [2.75, 3.05) is 25.6 Å². The molecule has 0 amide bonds. The number of rotatable bonds is 11. The van der Waals surface area contributed by atoms with E-state index in [4.69, 9.17) is 18.9 Å². The molecule has 2 atom stereocenters. The number of hydrogen-bond acceptors (Lipinski definition) is 5. The second kappa shape index (κ2) is 12.1. The Hall–Kier alpha value is -3.28. The highest BCUT2D eigenvalue weighted by Gasteiger charge is 2.45. The summed E-state index contributed by atoms with van der Waals surface area (Å²) in [6.45, 7) is 7.94. The first-order valence-corrected chi connectivity index (χ1v) is 12.6. The molecule has 0 spiro atoms. The normalized spacial score (nSPS) is 18.4. The summed E-state index contributed by atoms with van der Waals surface area (Å²) in [4.78, 5) is 0. The van der Waals surface area contributed by atoms with Crippen molar-refractivity contribution in [1.29, 1.82) is 0 Å². The molecule has 2 unspecified atom stereocenters. The van der Waals surface area contributed by atoms with Crippen LogP contribution in [-0.2, 0) is 22.4 Å². The van der Waals surface area contributed by atoms with Crippen LogP contribution in [0.3, 0.4) is 0 Å². The van der Waals surface area contributed by atoms with Gasteiger partial charge in [-0.05, 0) is 68.7 Å². The van der Waals surface area contributed by atoms with E-state index >= 15 is 0 Å². The Morgan fingerprint density at radius 2 is 1.72 bits per heavy atom. The van der Waals surface area contributed by atoms with Crippen LogP contribution in [0.15, 0.2) is 84.9 Å². The van der Waals surface area contributed by atoms with Crippen LogP contribution in [0.2, 0.25) is 0 Å². The summed E-state index contributed by atoms with van der Waals surface area (Å²) in [5, 5.41) is 3.53. The molecule has 5 heteroatoms. The maximum absolute atomic E-state index is 6.56. The van der Waals surface area contributed by atoms with Gasteiger partial charge in [-0.15, -0.1) is 0 Å². The number of hydrogen-bond donors (Lipinski definition) is 1. The van der Waals surface area contributed by atoms with Gasteiger partial charge in [-0.3, -0.25) is 0 Å². The maximum atomic E-state index is 6.56. The second-order valence-electron chi connectivity index (χ2n) is 9.51. The Balaban J connectivity index is 1.54. The van der Waals surface area contributed by atoms with Crippen LogP contribution in [0.4, 0.5) is 5.69 Å². The smallest absolute Gasteiger partial charge is 0.132 e. The second-order valence-corrected chi connectivity index (χ2v) is 9.51. The average molecular weight is 488 g/mol. The number of ether oxygens (including phenoxy) is 4. The molecule has 1 aliphatic rings. The standard InChI is InChI=1S/C31H37NO4/c1-5-6-19-35-30-29(34-20-18-23-10-8-7-9-11-23)27-21-25(14-17-28(27)36-31(30,2)3)32-22-24-12-15-26(33-4)16-13-24/h5-17,21,29-30,32H,18-20,22H2,1-4H3/b6-5+. The minimum atomic E-state index is -0.538. The molecular formula is C31H37NO4. The van der Waals surface area contributed by atoms with E-state index in [0.29, 0.717) is 19.8 Å². The third-order valence-electron chi connectivity index (χ3n) is 6.44. The quantitative estimate of drug-likeness (QED) is 0.304. The van der Waals surface area contributed by atoms with Gasteiger partial charge in [0.15, 0.2) is 0 Å². The minimum absolute atomic E-state index is 0.250. The van der Waals surface area contributed by atoms with Gasteiger partial charge in [0.25, 0.3) is 0 Å². The van der Waals surface area contributed by atoms with Gasteiger partial charge in [-0.1, -0.05) is 54.6 Å². The molecule has 1 aliphatic heterocycles. The van der Waals surface area contributed by atoms with E-state index in [0.717, 1.165) is 29.2 Å². The summed E-state index contributed by atoms with van der Waals surface area (Å²) in [6.07, 6.45) is 4.34. The third-order valence-corrected chi connectivity index (χ3v) is 6.44. The van der Waals surface area contributed by atoms with Crippen LogP contribution in [0, 0.1) is 0 Å². The fourth-order valence-corrected chi connectivity index (χ4v) is 4.46. The molecule has 1 heterocycles. The van der Waals surface area contributed by atoms with Crippen molar-refractivity contribution in [3.05, 3.63) is 102 Å². The van der Waals surface area contributed by atoms with E-state index in [2.05, 4.69) is 67.7 Å². The molecule has 3 aromatic carbocycles. The van der Waals surface area contributed by atoms with Gasteiger partial charge < -0.3 is 24.3 Å². The summed E-state index contributed by atoms with van der Waals surface area (Å²) in [7, 11) is 1.68. The molecule has 190 valence electrons. The van der Waals surface area contributed by atoms with Crippen LogP contribution < -0.4 is 14.8 Å². The van der Waals surface area contributed by atoms with Gasteiger partial charge in [0.2, 0.25) is 0 Å². The Morgan fingerprint density at radius 1 is 0.944 bits per heavy atom. The van der Waals surface area contributed by atoms with Gasteiger partial charge in [0, 0.05) is 17.8 Å². The Morgan fingerprint density at radius 3 is 2.44 bits per heavy atom. The molecule has 5 nitrogen and oxygen atoms in total. The lowest BCUT2D eigenvalue weighted by atomic mass is 9.87. The van der Waals surface area contributed by atoms with Crippen LogP contribution >= 0.6 is 0 Å². The molecule has 1 N–H and O–H groups in total. The van der Waals surface area contributed by atoms with E-state index in [1.54, 1.807) is 7.11 Å². The molecule has 3 aromatic rings. The lowest BCUT2D eigenvalue weighted by Crippen LogP contribution is -2.51. The van der Waals surface area contributed by atoms with Crippen molar-refractivity contribution in [1.82, 2.24) is 0 Å². The Bertz CT molecular complexity index is 1130. The summed E-state index contributed by atoms with van der Waals surface area (Å²) in [6, 6.07) is 24.7. The predicted molar refractivity (Wildman–Crippen MR) is 145 cm³/mol. The Labute approximate surface area is 215 Å². The van der Waals surface area contributed by atoms with Gasteiger partial charge in [-0.25, -0.2) is 0 Å². The first-order chi connectivity index (χ1) is 17.5. The molecule has 0 saturated carbocycles. The van der Waals surface area contributed by atoms with Crippen molar-refractivity contribution in [3.8, 4) is 11.5 Å². The predicted octanol–water partition coefficient (Wildman–Crippen LogP) is 6.74. The summed E-state index contributed by atoms with van der Waals surface area (Å²) < 4.78 is 24.6. The van der Waals surface area contributed by atoms with E-state index in [1.807, 2.05) is 43.3 Å². The van der Waals surface area contributed by atoms with E-state index in [9.17, 15) is 0 Å². The molecule has 0 aliphatic carbocycles. The van der Waals surface area contributed by atoms with Crippen LogP contribution in [-0.4, -0.2) is 32.0 Å². The van der Waals surface area contributed by atoms with Crippen LogP contribution in [0.5, 0.6) is 11.5 Å². The monoisotopic (exact) mass is 487 g/mol. The number of anilines is 1. The Kier molecular flexibility index (Phi) is 8.68. The summed E-state index contributed by atoms with van der Waals surface area (Å²) >= 11 is 0. The molecule has 0 aromatic heterocycles. The highest BCUT2D eigenvalue weighted by molar-refractivity contribution is 5.54. The fraction of sp³-hybridized carbons (Fsp3) is 0.355. The minimum Gasteiger partial charge on any atom is -0.497 e. The number of fused-ring (bicyclic) bond motifs is 1. The van der Waals surface area contributed by atoms with Crippen molar-refractivity contribution in [3.63, 3.8) is 0 Å². The summed E-state index contributed by atoms with van der Waals surface area (Å²) in [5.74, 6) is 1.69. The van der Waals surface area contributed by atoms with E-state index in [1.165, 1.54) is 11.1 Å². The molecular weight excluding hydrogens is 450 g/mol. The van der Waals surface area contributed by atoms with E-state index < -0.39 is 5.60 Å². The molecule has 0 radical (unpaired) electrons. The lowest BCUT2D eigenvalue weighted by Gasteiger charge is -2.44. The zero-order valence-corrected chi connectivity index (χ0v) is 21.7. The first kappa shape index (κ1) is 25.8. The fourth-order valence-electron chi connectivity index (χ4n) is 4.46. The van der Waals surface area contributed by atoms with Crippen LogP contribution in [0.1, 0.15) is 43.6 Å². The SMILES string of the molecule is C/C=C/COC1C(OCCc2ccccc2)c2cc(NCc3ccc(OC)cc3)ccc2OC1(C)C. The molecule has 0 bridgehead atoms. The number of methoxy groups -OCH3 is 1. The highest BCUT2D eigenvalue weighted by atomic mass is 16.6. The summed E-state index contributed by atoms with van der Waals surface area (Å²) in [5.41, 5.74) is 3.91. The third kappa shape index (κ3) is 6.48. The van der Waals surface area contributed by atoms with Crippen LogP contribution in [0.25, 0.3) is 0 Å². The van der Waals surface area contributed by atoms with E-state index in [-0.39, 0.29) is 12.2 Å². The van der Waals surface area contributed by atoms with Crippen molar-refractivity contribution >= 4 is 5.69 Å². The zero-order valence-electron chi connectivity index (χ0n) is 21.7. The molecule has 4 rings (SSSR count). The molecule has 36 heavy (non-hydrogen) atoms. The zero-order chi connectivity index (χ0) is 25.4. The van der Waals surface area contributed by atoms with Gasteiger partial charge in [0.1, 0.15) is 29.3 Å². The average Bonchev–Trinajstić information content (AvgIpc) is 2.89. The molecule has 0 fully saturated rings. The highest BCUT2D eigenvalue weighted by Crippen LogP contribution is 2.44. The first-order valence-electron chi connectivity index (χ1n) is 12.6. The van der Waals surface area contributed by atoms with Crippen molar-refractivity contribution in [2.45, 2.75) is 51.5 Å². The van der Waals surface area contributed by atoms with Gasteiger partial charge in [0.05, 0.1) is 20.3 Å². The van der Waals surface area contributed by atoms with Crippen molar-refractivity contribution in [2.24, 2.45) is 0 Å². The van der Waals surface area contributed by atoms with Crippen molar-refractivity contribution < 1.29 is 18.9 Å². The molecule has 0 saturated heterocycles. The van der Waals surface area contributed by atoms with Gasteiger partial charge in [-0.2, -0.15) is 0 Å². The number of allylic oxidation sites excluding steroid dienone is 1. The lowest BCUT2D eigenvalue weighted by molar-refractivity contribution is -0.157. The van der Waals surface area contributed by atoms with Gasteiger partial charge >= 0.3 is 0 Å².